The van der Waals surface area contributed by atoms with Gasteiger partial charge >= 0.3 is 6.18 Å². The van der Waals surface area contributed by atoms with Crippen molar-refractivity contribution in [2.75, 3.05) is 29.9 Å². The maximum absolute atomic E-state index is 12.5. The van der Waals surface area contributed by atoms with E-state index in [-0.39, 0.29) is 18.9 Å². The van der Waals surface area contributed by atoms with Gasteiger partial charge in [-0.05, 0) is 12.1 Å². The molecule has 2 aliphatic rings. The van der Waals surface area contributed by atoms with E-state index in [2.05, 4.69) is 20.3 Å². The minimum Gasteiger partial charge on any atom is -0.391 e. The zero-order valence-electron chi connectivity index (χ0n) is 15.5. The van der Waals surface area contributed by atoms with Crippen LogP contribution in [0.25, 0.3) is 0 Å². The first-order valence-corrected chi connectivity index (χ1v) is 9.60. The highest BCUT2D eigenvalue weighted by Crippen LogP contribution is 2.35. The smallest absolute Gasteiger partial charge is 0.391 e. The van der Waals surface area contributed by atoms with Gasteiger partial charge in [0, 0.05) is 37.5 Å². The van der Waals surface area contributed by atoms with E-state index >= 15 is 0 Å². The molecule has 0 bridgehead atoms. The summed E-state index contributed by atoms with van der Waals surface area (Å²) in [5.74, 6) is 0.453. The standard InChI is InChI=1S/C18H18ClF3N6O2/c19-9-3-11-12(6-25-15(11)24-5-9)16-23-2-1-14(27-16)28-7-10(29)4-13(28)17(30)26-8-18(20,21)22/h1-3,5,10,12-13,29H,4,6-8H2,(H,24,25)(H,26,30)/t10-,12?,13+/m0/s1. The van der Waals surface area contributed by atoms with Crippen LogP contribution in [-0.2, 0) is 4.79 Å². The first-order chi connectivity index (χ1) is 14.2. The number of nitrogens with one attached hydrogen (secondary N) is 2. The van der Waals surface area contributed by atoms with Gasteiger partial charge in [0.2, 0.25) is 5.91 Å². The molecule has 160 valence electrons. The second-order valence-electron chi connectivity index (χ2n) is 7.19. The molecule has 1 unspecified atom stereocenters. The first-order valence-electron chi connectivity index (χ1n) is 9.22. The average Bonchev–Trinajstić information content (AvgIpc) is 3.29. The third-order valence-electron chi connectivity index (χ3n) is 5.04. The van der Waals surface area contributed by atoms with Gasteiger partial charge in [-0.15, -0.1) is 0 Å². The highest BCUT2D eigenvalue weighted by Gasteiger charge is 2.39. The Kier molecular flexibility index (Phi) is 5.41. The van der Waals surface area contributed by atoms with Crippen molar-refractivity contribution in [2.24, 2.45) is 0 Å². The zero-order chi connectivity index (χ0) is 21.5. The summed E-state index contributed by atoms with van der Waals surface area (Å²) in [6, 6.07) is 2.37. The Morgan fingerprint density at radius 2 is 2.20 bits per heavy atom. The minimum atomic E-state index is -4.52. The van der Waals surface area contributed by atoms with Crippen LogP contribution >= 0.6 is 11.6 Å². The van der Waals surface area contributed by atoms with Crippen LogP contribution in [0.15, 0.2) is 24.5 Å². The quantitative estimate of drug-likeness (QED) is 0.662. The number of aliphatic hydroxyl groups excluding tert-OH is 1. The van der Waals surface area contributed by atoms with Gasteiger partial charge in [0.1, 0.15) is 30.0 Å². The molecule has 2 aromatic heterocycles. The Morgan fingerprint density at radius 3 is 2.97 bits per heavy atom. The number of fused-ring (bicyclic) bond motifs is 1. The topological polar surface area (TPSA) is 103 Å². The Balaban J connectivity index is 1.57. The molecule has 0 aliphatic carbocycles. The number of hydrogen-bond donors (Lipinski definition) is 3. The second kappa shape index (κ2) is 7.88. The van der Waals surface area contributed by atoms with Crippen LogP contribution in [0.5, 0.6) is 0 Å². The van der Waals surface area contributed by atoms with Crippen LogP contribution in [0.1, 0.15) is 23.7 Å². The molecule has 1 fully saturated rings. The fourth-order valence-electron chi connectivity index (χ4n) is 3.72. The third kappa shape index (κ3) is 4.26. The molecule has 3 atom stereocenters. The van der Waals surface area contributed by atoms with Gasteiger partial charge in [0.05, 0.1) is 17.0 Å². The number of halogens is 4. The number of carbonyl (C=O) groups excluding carboxylic acids is 1. The molecule has 12 heteroatoms. The lowest BCUT2D eigenvalue weighted by atomic mass is 10.0. The summed E-state index contributed by atoms with van der Waals surface area (Å²) in [5, 5.41) is 15.5. The van der Waals surface area contributed by atoms with E-state index in [1.54, 1.807) is 12.1 Å². The van der Waals surface area contributed by atoms with E-state index in [0.29, 0.717) is 29.0 Å². The number of amides is 1. The van der Waals surface area contributed by atoms with E-state index in [9.17, 15) is 23.1 Å². The molecule has 0 spiro atoms. The van der Waals surface area contributed by atoms with Gasteiger partial charge in [-0.25, -0.2) is 15.0 Å². The second-order valence-corrected chi connectivity index (χ2v) is 7.62. The van der Waals surface area contributed by atoms with Gasteiger partial charge in [0.25, 0.3) is 0 Å². The molecule has 0 aromatic carbocycles. The molecular formula is C18H18ClF3N6O2. The fourth-order valence-corrected chi connectivity index (χ4v) is 3.89. The molecule has 2 aliphatic heterocycles. The Hall–Kier alpha value is -2.66. The lowest BCUT2D eigenvalue weighted by Crippen LogP contribution is -2.46. The third-order valence-corrected chi connectivity index (χ3v) is 5.25. The Bertz CT molecular complexity index is 960. The van der Waals surface area contributed by atoms with Gasteiger partial charge in [-0.3, -0.25) is 4.79 Å². The maximum atomic E-state index is 12.5. The van der Waals surface area contributed by atoms with E-state index < -0.39 is 30.8 Å². The average molecular weight is 443 g/mol. The van der Waals surface area contributed by atoms with Crippen LogP contribution in [0.2, 0.25) is 5.02 Å². The summed E-state index contributed by atoms with van der Waals surface area (Å²) in [5.41, 5.74) is 0.834. The lowest BCUT2D eigenvalue weighted by molar-refractivity contribution is -0.139. The molecule has 0 radical (unpaired) electrons. The van der Waals surface area contributed by atoms with Crippen molar-refractivity contribution in [3.63, 3.8) is 0 Å². The highest BCUT2D eigenvalue weighted by molar-refractivity contribution is 6.30. The molecule has 8 nitrogen and oxygen atoms in total. The van der Waals surface area contributed by atoms with Crippen molar-refractivity contribution in [3.8, 4) is 0 Å². The number of alkyl halides is 3. The number of aromatic nitrogens is 3. The molecule has 1 amide bonds. The number of anilines is 2. The Morgan fingerprint density at radius 1 is 1.40 bits per heavy atom. The van der Waals surface area contributed by atoms with Gasteiger partial charge in [-0.1, -0.05) is 11.6 Å². The largest absolute Gasteiger partial charge is 0.405 e. The van der Waals surface area contributed by atoms with Crippen LogP contribution in [0.3, 0.4) is 0 Å². The van der Waals surface area contributed by atoms with Crippen molar-refractivity contribution in [2.45, 2.75) is 30.7 Å². The van der Waals surface area contributed by atoms with Crippen molar-refractivity contribution in [1.29, 1.82) is 0 Å². The predicted molar refractivity (Wildman–Crippen MR) is 102 cm³/mol. The summed E-state index contributed by atoms with van der Waals surface area (Å²) in [6.45, 7) is -0.850. The minimum absolute atomic E-state index is 0.0103. The number of pyridine rings is 1. The molecule has 1 saturated heterocycles. The predicted octanol–water partition coefficient (Wildman–Crippen LogP) is 1.70. The lowest BCUT2D eigenvalue weighted by Gasteiger charge is -2.25. The number of aliphatic hydroxyl groups is 1. The summed E-state index contributed by atoms with van der Waals surface area (Å²) >= 11 is 6.05. The molecule has 3 N–H and O–H groups in total. The maximum Gasteiger partial charge on any atom is 0.405 e. The number of carbonyl (C=O) groups is 1. The summed E-state index contributed by atoms with van der Waals surface area (Å²) in [6.07, 6.45) is -2.32. The van der Waals surface area contributed by atoms with E-state index in [4.69, 9.17) is 11.6 Å². The number of nitrogens with zero attached hydrogens (tertiary/aromatic N) is 4. The summed E-state index contributed by atoms with van der Waals surface area (Å²) < 4.78 is 37.4. The van der Waals surface area contributed by atoms with Crippen molar-refractivity contribution < 1.29 is 23.1 Å². The number of rotatable bonds is 4. The van der Waals surface area contributed by atoms with Crippen LogP contribution in [0, 0.1) is 0 Å². The monoisotopic (exact) mass is 442 g/mol. The molecule has 2 aromatic rings. The first kappa shape index (κ1) is 20.6. The highest BCUT2D eigenvalue weighted by atomic mass is 35.5. The fraction of sp³-hybridized carbons (Fsp3) is 0.444. The van der Waals surface area contributed by atoms with Crippen LogP contribution in [-0.4, -0.2) is 63.9 Å². The normalized spacial score (nSPS) is 23.2. The molecule has 30 heavy (non-hydrogen) atoms. The summed E-state index contributed by atoms with van der Waals surface area (Å²) in [4.78, 5) is 26.9. The van der Waals surface area contributed by atoms with Crippen molar-refractivity contribution in [3.05, 3.63) is 40.9 Å². The molecular weight excluding hydrogens is 425 g/mol. The van der Waals surface area contributed by atoms with Crippen LogP contribution in [0.4, 0.5) is 24.8 Å². The molecule has 0 saturated carbocycles. The number of hydrogen-bond acceptors (Lipinski definition) is 7. The zero-order valence-corrected chi connectivity index (χ0v) is 16.3. The molecule has 4 rings (SSSR count). The van der Waals surface area contributed by atoms with E-state index in [1.165, 1.54) is 17.3 Å². The van der Waals surface area contributed by atoms with Crippen LogP contribution < -0.4 is 15.5 Å². The van der Waals surface area contributed by atoms with Crippen molar-refractivity contribution >= 4 is 29.1 Å². The number of β-amino-alcohol motifs (C(OH)–C–C–N with tert-alkyl or cyclic N) is 1. The van der Waals surface area contributed by atoms with Crippen molar-refractivity contribution in [1.82, 2.24) is 20.3 Å². The van der Waals surface area contributed by atoms with Gasteiger partial charge in [0.15, 0.2) is 0 Å². The van der Waals surface area contributed by atoms with Gasteiger partial charge < -0.3 is 20.6 Å². The Labute approximate surface area is 174 Å². The summed E-state index contributed by atoms with van der Waals surface area (Å²) in [7, 11) is 0. The van der Waals surface area contributed by atoms with Gasteiger partial charge in [-0.2, -0.15) is 13.2 Å². The SMILES string of the molecule is O=C(NCC(F)(F)F)[C@H]1C[C@H](O)CN1c1ccnc(C2CNc3ncc(Cl)cc32)n1. The molecule has 4 heterocycles. The van der Waals surface area contributed by atoms with E-state index in [1.807, 2.05) is 5.32 Å². The van der Waals surface area contributed by atoms with E-state index in [0.717, 1.165) is 5.56 Å².